The molecule has 0 fully saturated rings. The number of nitrogens with zero attached hydrogens (tertiary/aromatic N) is 3. The first-order chi connectivity index (χ1) is 13.6. The second-order valence-electron chi connectivity index (χ2n) is 6.77. The molecule has 0 radical (unpaired) electrons. The first-order valence-electron chi connectivity index (χ1n) is 9.29. The highest BCUT2D eigenvalue weighted by Crippen LogP contribution is 2.26. The summed E-state index contributed by atoms with van der Waals surface area (Å²) in [5.74, 6) is 2.08. The van der Waals surface area contributed by atoms with Gasteiger partial charge in [-0.2, -0.15) is 0 Å². The van der Waals surface area contributed by atoms with Crippen molar-refractivity contribution in [3.63, 3.8) is 0 Å². The smallest absolute Gasteiger partial charge is 0.226 e. The van der Waals surface area contributed by atoms with E-state index >= 15 is 0 Å². The summed E-state index contributed by atoms with van der Waals surface area (Å²) in [5, 5.41) is 8.02. The highest BCUT2D eigenvalue weighted by atomic mass is 32.2. The Hall–Kier alpha value is -2.86. The van der Waals surface area contributed by atoms with Crippen LogP contribution in [0.15, 0.2) is 58.3 Å². The molecular weight excluding hydrogens is 368 g/mol. The number of oxazole rings is 1. The number of aromatic amines is 1. The molecule has 2 heterocycles. The molecule has 1 N–H and O–H groups in total. The number of thioether (sulfide) groups is 1. The lowest BCUT2D eigenvalue weighted by molar-refractivity contribution is 0.573. The number of H-pyrrole nitrogens is 1. The van der Waals surface area contributed by atoms with E-state index in [-0.39, 0.29) is 0 Å². The summed E-state index contributed by atoms with van der Waals surface area (Å²) in [4.78, 5) is 9.19. The summed E-state index contributed by atoms with van der Waals surface area (Å²) >= 11 is 1.54. The third-order valence-electron chi connectivity index (χ3n) is 4.61. The molecular formula is C22H22N4OS. The van der Waals surface area contributed by atoms with E-state index in [1.54, 1.807) is 6.26 Å². The fraction of sp³-hybridized carbons (Fsp3) is 0.227. The van der Waals surface area contributed by atoms with Gasteiger partial charge in [-0.3, -0.25) is 5.10 Å². The highest BCUT2D eigenvalue weighted by molar-refractivity contribution is 7.98. The number of hydrogen-bond donors (Lipinski definition) is 1. The van der Waals surface area contributed by atoms with Gasteiger partial charge in [-0.15, -0.1) is 5.10 Å². The highest BCUT2D eigenvalue weighted by Gasteiger charge is 2.12. The van der Waals surface area contributed by atoms with Crippen molar-refractivity contribution in [3.05, 3.63) is 71.1 Å². The zero-order valence-electron chi connectivity index (χ0n) is 16.2. The third-order valence-corrected chi connectivity index (χ3v) is 5.49. The number of aryl methyl sites for hydroxylation is 3. The molecule has 0 aliphatic rings. The molecule has 142 valence electrons. The minimum absolute atomic E-state index is 0.653. The Balaban J connectivity index is 1.42. The van der Waals surface area contributed by atoms with Crippen LogP contribution in [0.3, 0.4) is 0 Å². The first-order valence-corrected chi connectivity index (χ1v) is 10.3. The van der Waals surface area contributed by atoms with Crippen molar-refractivity contribution < 1.29 is 4.42 Å². The van der Waals surface area contributed by atoms with Crippen molar-refractivity contribution in [2.24, 2.45) is 0 Å². The van der Waals surface area contributed by atoms with E-state index in [2.05, 4.69) is 83.4 Å². The average Bonchev–Trinajstić information content (AvgIpc) is 3.36. The van der Waals surface area contributed by atoms with Crippen LogP contribution in [0.2, 0.25) is 0 Å². The van der Waals surface area contributed by atoms with Crippen LogP contribution < -0.4 is 0 Å². The van der Waals surface area contributed by atoms with Gasteiger partial charge in [-0.1, -0.05) is 60.6 Å². The Labute approximate surface area is 168 Å². The minimum atomic E-state index is 0.653. The number of benzene rings is 2. The molecule has 0 atom stereocenters. The van der Waals surface area contributed by atoms with Crippen molar-refractivity contribution >= 4 is 11.8 Å². The lowest BCUT2D eigenvalue weighted by Crippen LogP contribution is -1.86. The van der Waals surface area contributed by atoms with E-state index in [4.69, 9.17) is 4.42 Å². The summed E-state index contributed by atoms with van der Waals surface area (Å²) in [6.07, 6.45) is 2.73. The van der Waals surface area contributed by atoms with Gasteiger partial charge in [-0.05, 0) is 37.5 Å². The molecule has 2 aromatic heterocycles. The van der Waals surface area contributed by atoms with E-state index < -0.39 is 0 Å². The topological polar surface area (TPSA) is 67.6 Å². The van der Waals surface area contributed by atoms with Crippen molar-refractivity contribution in [2.75, 3.05) is 0 Å². The van der Waals surface area contributed by atoms with Gasteiger partial charge in [0.1, 0.15) is 6.26 Å². The molecule has 0 aliphatic carbocycles. The van der Waals surface area contributed by atoms with Crippen molar-refractivity contribution in [2.45, 2.75) is 38.1 Å². The zero-order valence-corrected chi connectivity index (χ0v) is 17.0. The molecule has 0 aliphatic heterocycles. The minimum Gasteiger partial charge on any atom is -0.444 e. The van der Waals surface area contributed by atoms with Gasteiger partial charge >= 0.3 is 0 Å². The largest absolute Gasteiger partial charge is 0.444 e. The van der Waals surface area contributed by atoms with Gasteiger partial charge in [0, 0.05) is 16.9 Å². The summed E-state index contributed by atoms with van der Waals surface area (Å²) in [6, 6.07) is 14.6. The van der Waals surface area contributed by atoms with Gasteiger partial charge in [-0.25, -0.2) is 9.97 Å². The Kier molecular flexibility index (Phi) is 5.30. The molecule has 4 rings (SSSR count). The Bertz CT molecular complexity index is 1080. The quantitative estimate of drug-likeness (QED) is 0.434. The molecule has 0 spiro atoms. The zero-order chi connectivity index (χ0) is 19.5. The maximum Gasteiger partial charge on any atom is 0.226 e. The van der Waals surface area contributed by atoms with Crippen LogP contribution in [0.4, 0.5) is 0 Å². The predicted molar refractivity (Wildman–Crippen MR) is 112 cm³/mol. The summed E-state index contributed by atoms with van der Waals surface area (Å²) in [5.41, 5.74) is 6.64. The monoisotopic (exact) mass is 390 g/mol. The van der Waals surface area contributed by atoms with E-state index in [0.29, 0.717) is 16.8 Å². The van der Waals surface area contributed by atoms with E-state index in [1.165, 1.54) is 22.9 Å². The first kappa shape index (κ1) is 18.5. The molecule has 28 heavy (non-hydrogen) atoms. The Morgan fingerprint density at radius 3 is 2.61 bits per heavy atom. The molecule has 0 bridgehead atoms. The maximum atomic E-state index is 5.68. The van der Waals surface area contributed by atoms with Crippen LogP contribution in [0.1, 0.15) is 29.3 Å². The lowest BCUT2D eigenvalue weighted by Gasteiger charge is -2.02. The molecule has 2 aromatic carbocycles. The van der Waals surface area contributed by atoms with Crippen LogP contribution in [0, 0.1) is 13.8 Å². The standard InChI is InChI=1S/C22H22N4OS/c1-4-16-6-8-17(9-7-16)20-24-22(26-25-20)28-13-18-12-27-21(23-18)19-10-5-14(2)11-15(19)3/h5-12H,4,13H2,1-3H3,(H,24,25,26). The molecule has 0 unspecified atom stereocenters. The fourth-order valence-electron chi connectivity index (χ4n) is 3.03. The van der Waals surface area contributed by atoms with E-state index in [1.807, 2.05) is 0 Å². The molecule has 0 saturated heterocycles. The van der Waals surface area contributed by atoms with Gasteiger partial charge in [0.15, 0.2) is 5.82 Å². The van der Waals surface area contributed by atoms with Gasteiger partial charge in [0.2, 0.25) is 11.0 Å². The number of hydrogen-bond acceptors (Lipinski definition) is 5. The Morgan fingerprint density at radius 2 is 1.86 bits per heavy atom. The second kappa shape index (κ2) is 8.02. The normalized spacial score (nSPS) is 11.1. The van der Waals surface area contributed by atoms with Gasteiger partial charge in [0.05, 0.1) is 5.69 Å². The molecule has 4 aromatic rings. The van der Waals surface area contributed by atoms with Crippen LogP contribution >= 0.6 is 11.8 Å². The van der Waals surface area contributed by atoms with Crippen LogP contribution in [-0.4, -0.2) is 20.2 Å². The number of nitrogens with one attached hydrogen (secondary N) is 1. The predicted octanol–water partition coefficient (Wildman–Crippen LogP) is 5.60. The average molecular weight is 391 g/mol. The molecule has 0 amide bonds. The molecule has 6 heteroatoms. The Morgan fingerprint density at radius 1 is 1.04 bits per heavy atom. The van der Waals surface area contributed by atoms with E-state index in [0.717, 1.165) is 34.6 Å². The summed E-state index contributed by atoms with van der Waals surface area (Å²) in [7, 11) is 0. The van der Waals surface area contributed by atoms with E-state index in [9.17, 15) is 0 Å². The van der Waals surface area contributed by atoms with Crippen LogP contribution in [0.25, 0.3) is 22.8 Å². The third kappa shape index (κ3) is 4.02. The van der Waals surface area contributed by atoms with Gasteiger partial charge in [0.25, 0.3) is 0 Å². The van der Waals surface area contributed by atoms with Crippen molar-refractivity contribution in [3.8, 4) is 22.8 Å². The lowest BCUT2D eigenvalue weighted by atomic mass is 10.1. The van der Waals surface area contributed by atoms with Gasteiger partial charge < -0.3 is 4.42 Å². The SMILES string of the molecule is CCc1ccc(-c2nc(SCc3coc(-c4ccc(C)cc4C)n3)n[nH]2)cc1. The fourth-order valence-corrected chi connectivity index (χ4v) is 3.70. The maximum absolute atomic E-state index is 5.68. The second-order valence-corrected chi connectivity index (χ2v) is 7.71. The number of rotatable bonds is 6. The van der Waals surface area contributed by atoms with Crippen molar-refractivity contribution in [1.29, 1.82) is 0 Å². The van der Waals surface area contributed by atoms with Crippen LogP contribution in [-0.2, 0) is 12.2 Å². The molecule has 5 nitrogen and oxygen atoms in total. The summed E-state index contributed by atoms with van der Waals surface area (Å²) in [6.45, 7) is 6.30. The van der Waals surface area contributed by atoms with Crippen LogP contribution in [0.5, 0.6) is 0 Å². The number of aromatic nitrogens is 4. The van der Waals surface area contributed by atoms with Crippen molar-refractivity contribution in [1.82, 2.24) is 20.2 Å². The summed E-state index contributed by atoms with van der Waals surface area (Å²) < 4.78 is 5.68. The molecule has 0 saturated carbocycles.